The molecule has 16 heavy (non-hydrogen) atoms. The Morgan fingerprint density at radius 3 is 3.25 bits per heavy atom. The number of hydrogen-bond donors (Lipinski definition) is 2. The Morgan fingerprint density at radius 1 is 1.50 bits per heavy atom. The van der Waals surface area contributed by atoms with E-state index in [0.29, 0.717) is 6.04 Å². The summed E-state index contributed by atoms with van der Waals surface area (Å²) in [5.41, 5.74) is 1.62. The molecule has 1 aliphatic heterocycles. The van der Waals surface area contributed by atoms with Crippen molar-refractivity contribution in [3.63, 3.8) is 0 Å². The minimum Gasteiger partial charge on any atom is -0.337 e. The Kier molecular flexibility index (Phi) is 2.21. The smallest absolute Gasteiger partial charge is 0.205 e. The Hall–Kier alpha value is -1.69. The predicted molar refractivity (Wildman–Crippen MR) is 61.4 cm³/mol. The van der Waals surface area contributed by atoms with Crippen molar-refractivity contribution in [2.75, 3.05) is 24.5 Å². The van der Waals surface area contributed by atoms with Gasteiger partial charge in [-0.2, -0.15) is 4.98 Å². The van der Waals surface area contributed by atoms with E-state index >= 15 is 0 Å². The van der Waals surface area contributed by atoms with Gasteiger partial charge >= 0.3 is 0 Å². The highest BCUT2D eigenvalue weighted by atomic mass is 15.3. The first-order valence-electron chi connectivity index (χ1n) is 5.47. The van der Waals surface area contributed by atoms with Crippen LogP contribution in [0.3, 0.4) is 0 Å². The van der Waals surface area contributed by atoms with Crippen LogP contribution in [0.1, 0.15) is 6.92 Å². The lowest BCUT2D eigenvalue weighted by molar-refractivity contribution is 0.494. The van der Waals surface area contributed by atoms with Crippen LogP contribution in [0.15, 0.2) is 12.5 Å². The van der Waals surface area contributed by atoms with Crippen LogP contribution < -0.4 is 10.2 Å². The SMILES string of the molecule is CC1CNCCN1c1nc2ncncc2[nH]1. The van der Waals surface area contributed by atoms with Crippen molar-refractivity contribution in [1.29, 1.82) is 0 Å². The van der Waals surface area contributed by atoms with Crippen molar-refractivity contribution in [3.05, 3.63) is 12.5 Å². The van der Waals surface area contributed by atoms with Crippen molar-refractivity contribution in [2.45, 2.75) is 13.0 Å². The summed E-state index contributed by atoms with van der Waals surface area (Å²) < 4.78 is 0. The van der Waals surface area contributed by atoms with Gasteiger partial charge in [-0.05, 0) is 6.92 Å². The number of nitrogens with zero attached hydrogens (tertiary/aromatic N) is 4. The number of aromatic nitrogens is 4. The molecule has 2 aromatic heterocycles. The Labute approximate surface area is 93.1 Å². The summed E-state index contributed by atoms with van der Waals surface area (Å²) >= 11 is 0. The summed E-state index contributed by atoms with van der Waals surface area (Å²) in [5.74, 6) is 0.893. The molecule has 2 N–H and O–H groups in total. The topological polar surface area (TPSA) is 69.7 Å². The first-order chi connectivity index (χ1) is 7.84. The fourth-order valence-corrected chi connectivity index (χ4v) is 2.04. The van der Waals surface area contributed by atoms with Crippen molar-refractivity contribution < 1.29 is 0 Å². The summed E-state index contributed by atoms with van der Waals surface area (Å²) in [5, 5.41) is 3.36. The molecule has 6 nitrogen and oxygen atoms in total. The van der Waals surface area contributed by atoms with Gasteiger partial charge in [0.2, 0.25) is 5.95 Å². The summed E-state index contributed by atoms with van der Waals surface area (Å²) in [6, 6.07) is 0.447. The van der Waals surface area contributed by atoms with E-state index in [1.54, 1.807) is 6.20 Å². The number of hydrogen-bond acceptors (Lipinski definition) is 5. The summed E-state index contributed by atoms with van der Waals surface area (Å²) in [4.78, 5) is 18.1. The summed E-state index contributed by atoms with van der Waals surface area (Å²) in [6.07, 6.45) is 3.28. The molecule has 1 saturated heterocycles. The minimum absolute atomic E-state index is 0.447. The molecule has 3 heterocycles. The molecular weight excluding hydrogens is 204 g/mol. The van der Waals surface area contributed by atoms with Gasteiger partial charge in [-0.25, -0.2) is 9.97 Å². The fourth-order valence-electron chi connectivity index (χ4n) is 2.04. The molecule has 0 radical (unpaired) electrons. The van der Waals surface area contributed by atoms with E-state index in [1.165, 1.54) is 6.33 Å². The molecular formula is C10H14N6. The maximum atomic E-state index is 4.48. The molecule has 0 bridgehead atoms. The third kappa shape index (κ3) is 1.51. The predicted octanol–water partition coefficient (Wildman–Crippen LogP) is 0.151. The van der Waals surface area contributed by atoms with Crippen molar-refractivity contribution >= 4 is 17.1 Å². The van der Waals surface area contributed by atoms with E-state index in [9.17, 15) is 0 Å². The zero-order chi connectivity index (χ0) is 11.0. The molecule has 84 valence electrons. The van der Waals surface area contributed by atoms with E-state index in [4.69, 9.17) is 0 Å². The number of anilines is 1. The van der Waals surface area contributed by atoms with Crippen LogP contribution in [0.25, 0.3) is 11.2 Å². The lowest BCUT2D eigenvalue weighted by Gasteiger charge is -2.33. The quantitative estimate of drug-likeness (QED) is 0.713. The Morgan fingerprint density at radius 2 is 2.44 bits per heavy atom. The van der Waals surface area contributed by atoms with Crippen LogP contribution in [0.5, 0.6) is 0 Å². The van der Waals surface area contributed by atoms with Gasteiger partial charge in [0.1, 0.15) is 11.8 Å². The average molecular weight is 218 g/mol. The fraction of sp³-hybridized carbons (Fsp3) is 0.500. The highest BCUT2D eigenvalue weighted by Crippen LogP contribution is 2.17. The zero-order valence-electron chi connectivity index (χ0n) is 9.14. The third-order valence-corrected chi connectivity index (χ3v) is 2.92. The van der Waals surface area contributed by atoms with Crippen LogP contribution in [0.2, 0.25) is 0 Å². The van der Waals surface area contributed by atoms with E-state index in [1.807, 2.05) is 0 Å². The molecule has 0 aromatic carbocycles. The monoisotopic (exact) mass is 218 g/mol. The number of H-pyrrole nitrogens is 1. The Balaban J connectivity index is 1.98. The lowest BCUT2D eigenvalue weighted by atomic mass is 10.2. The number of fused-ring (bicyclic) bond motifs is 1. The zero-order valence-corrected chi connectivity index (χ0v) is 9.14. The van der Waals surface area contributed by atoms with E-state index < -0.39 is 0 Å². The standard InChI is InChI=1S/C10H14N6/c1-7-4-11-2-3-16(7)10-14-8-5-12-6-13-9(8)15-10/h5-7,11H,2-4H2,1H3,(H,12,13,14,15). The van der Waals surface area contributed by atoms with Crippen molar-refractivity contribution in [1.82, 2.24) is 25.3 Å². The van der Waals surface area contributed by atoms with Crippen LogP contribution in [0, 0.1) is 0 Å². The van der Waals surface area contributed by atoms with Crippen molar-refractivity contribution in [2.24, 2.45) is 0 Å². The minimum atomic E-state index is 0.447. The maximum absolute atomic E-state index is 4.48. The van der Waals surface area contributed by atoms with Gasteiger partial charge in [0, 0.05) is 25.7 Å². The second kappa shape index (κ2) is 3.71. The van der Waals surface area contributed by atoms with Gasteiger partial charge in [-0.3, -0.25) is 0 Å². The second-order valence-corrected chi connectivity index (χ2v) is 4.07. The van der Waals surface area contributed by atoms with Crippen molar-refractivity contribution in [3.8, 4) is 0 Å². The Bertz CT molecular complexity index is 460. The van der Waals surface area contributed by atoms with E-state index in [0.717, 1.165) is 36.7 Å². The van der Waals surface area contributed by atoms with Gasteiger partial charge < -0.3 is 15.2 Å². The molecule has 0 saturated carbocycles. The molecule has 0 amide bonds. The largest absolute Gasteiger partial charge is 0.337 e. The molecule has 1 aliphatic rings. The lowest BCUT2D eigenvalue weighted by Crippen LogP contribution is -2.50. The molecule has 2 aromatic rings. The van der Waals surface area contributed by atoms with Gasteiger partial charge in [0.15, 0.2) is 5.65 Å². The molecule has 3 rings (SSSR count). The van der Waals surface area contributed by atoms with Gasteiger partial charge in [0.05, 0.1) is 6.20 Å². The number of rotatable bonds is 1. The first kappa shape index (κ1) is 9.53. The highest BCUT2D eigenvalue weighted by molar-refractivity contribution is 5.72. The number of aromatic amines is 1. The highest BCUT2D eigenvalue weighted by Gasteiger charge is 2.20. The normalized spacial score (nSPS) is 21.6. The van der Waals surface area contributed by atoms with Crippen LogP contribution >= 0.6 is 0 Å². The first-order valence-corrected chi connectivity index (χ1v) is 5.47. The maximum Gasteiger partial charge on any atom is 0.205 e. The molecule has 1 fully saturated rings. The van der Waals surface area contributed by atoms with Gasteiger partial charge in [-0.1, -0.05) is 0 Å². The number of nitrogens with one attached hydrogen (secondary N) is 2. The number of piperazine rings is 1. The van der Waals surface area contributed by atoms with Crippen LogP contribution in [-0.2, 0) is 0 Å². The molecule has 1 atom stereocenters. The van der Waals surface area contributed by atoms with Gasteiger partial charge in [0.25, 0.3) is 0 Å². The van der Waals surface area contributed by atoms with Gasteiger partial charge in [-0.15, -0.1) is 0 Å². The molecule has 1 unspecified atom stereocenters. The summed E-state index contributed by atoms with van der Waals surface area (Å²) in [7, 11) is 0. The molecule has 0 aliphatic carbocycles. The third-order valence-electron chi connectivity index (χ3n) is 2.92. The van der Waals surface area contributed by atoms with E-state index in [-0.39, 0.29) is 0 Å². The molecule has 0 spiro atoms. The second-order valence-electron chi connectivity index (χ2n) is 4.07. The van der Waals surface area contributed by atoms with Crippen LogP contribution in [-0.4, -0.2) is 45.6 Å². The van der Waals surface area contributed by atoms with Crippen LogP contribution in [0.4, 0.5) is 5.95 Å². The van der Waals surface area contributed by atoms with E-state index in [2.05, 4.69) is 37.1 Å². The number of imidazole rings is 1. The summed E-state index contributed by atoms with van der Waals surface area (Å²) in [6.45, 7) is 5.13. The average Bonchev–Trinajstić information content (AvgIpc) is 2.73. The molecule has 6 heteroatoms.